The van der Waals surface area contributed by atoms with Gasteiger partial charge in [0.2, 0.25) is 17.2 Å². The Labute approximate surface area is 243 Å². The summed E-state index contributed by atoms with van der Waals surface area (Å²) in [5.74, 6) is -0.394. The molecular weight excluding hydrogens is 610 g/mol. The maximum Gasteiger partial charge on any atom is 0.296 e. The van der Waals surface area contributed by atoms with Crippen LogP contribution in [0.3, 0.4) is 0 Å². The van der Waals surface area contributed by atoms with Crippen molar-refractivity contribution in [3.63, 3.8) is 0 Å². The lowest BCUT2D eigenvalue weighted by molar-refractivity contribution is 0.472. The van der Waals surface area contributed by atoms with E-state index < -0.39 is 41.5 Å². The molecule has 4 aromatic carbocycles. The molecule has 42 heavy (non-hydrogen) atoms. The van der Waals surface area contributed by atoms with Crippen LogP contribution in [0.4, 0.5) is 34.6 Å². The predicted molar refractivity (Wildman–Crippen MR) is 154 cm³/mol. The van der Waals surface area contributed by atoms with Gasteiger partial charge >= 0.3 is 0 Å². The van der Waals surface area contributed by atoms with Gasteiger partial charge in [-0.1, -0.05) is 24.3 Å². The average Bonchev–Trinajstić information content (AvgIpc) is 2.92. The molecular formula is C25H18ClN7O7S2. The summed E-state index contributed by atoms with van der Waals surface area (Å²) in [6.07, 6.45) is 0. The molecule has 0 unspecified atom stereocenters. The van der Waals surface area contributed by atoms with E-state index in [9.17, 15) is 26.5 Å². The smallest absolute Gasteiger partial charge is 0.296 e. The molecule has 0 amide bonds. The summed E-state index contributed by atoms with van der Waals surface area (Å²) in [6, 6.07) is 19.2. The van der Waals surface area contributed by atoms with Gasteiger partial charge in [0.1, 0.15) is 10.6 Å². The summed E-state index contributed by atoms with van der Waals surface area (Å²) in [7, 11) is -9.31. The quantitative estimate of drug-likeness (QED) is 0.102. The minimum absolute atomic E-state index is 0.0604. The zero-order valence-electron chi connectivity index (χ0n) is 20.9. The lowest BCUT2D eigenvalue weighted by atomic mass is 10.1. The maximum absolute atomic E-state index is 12.1. The minimum Gasteiger partial charge on any atom is -0.505 e. The summed E-state index contributed by atoms with van der Waals surface area (Å²) in [5, 5.41) is 24.9. The van der Waals surface area contributed by atoms with Crippen LogP contribution < -0.4 is 10.6 Å². The first kappa shape index (κ1) is 28.8. The molecule has 0 aliphatic rings. The number of halogens is 1. The Bertz CT molecular complexity index is 2060. The molecule has 5 rings (SSSR count). The molecule has 0 atom stereocenters. The topological polar surface area (TPSA) is 216 Å². The van der Waals surface area contributed by atoms with Gasteiger partial charge in [-0.25, -0.2) is 0 Å². The third-order valence-corrected chi connectivity index (χ3v) is 7.53. The molecule has 0 fully saturated rings. The Balaban J connectivity index is 1.51. The molecule has 0 bridgehead atoms. The number of benzene rings is 4. The number of aromatic hydroxyl groups is 1. The van der Waals surface area contributed by atoms with Crippen LogP contribution in [0.2, 0.25) is 5.28 Å². The van der Waals surface area contributed by atoms with Gasteiger partial charge < -0.3 is 15.7 Å². The molecule has 0 saturated heterocycles. The van der Waals surface area contributed by atoms with E-state index >= 15 is 0 Å². The van der Waals surface area contributed by atoms with Gasteiger partial charge in [-0.3, -0.25) is 9.11 Å². The van der Waals surface area contributed by atoms with Crippen LogP contribution in [0, 0.1) is 0 Å². The molecule has 0 aliphatic carbocycles. The number of nitrogens with zero attached hydrogens (tertiary/aromatic N) is 5. The normalized spacial score (nSPS) is 12.1. The fourth-order valence-corrected chi connectivity index (χ4v) is 5.04. The summed E-state index contributed by atoms with van der Waals surface area (Å²) >= 11 is 6.07. The molecule has 5 N–H and O–H groups in total. The van der Waals surface area contributed by atoms with Gasteiger partial charge in [0.25, 0.3) is 20.2 Å². The zero-order valence-corrected chi connectivity index (χ0v) is 23.3. The van der Waals surface area contributed by atoms with Crippen LogP contribution in [-0.4, -0.2) is 46.0 Å². The lowest BCUT2D eigenvalue weighted by Crippen LogP contribution is -2.04. The van der Waals surface area contributed by atoms with E-state index in [0.29, 0.717) is 11.4 Å². The monoisotopic (exact) mass is 627 g/mol. The Kier molecular flexibility index (Phi) is 7.72. The van der Waals surface area contributed by atoms with E-state index in [0.717, 1.165) is 18.2 Å². The number of nitrogens with one attached hydrogen (secondary N) is 2. The molecule has 1 aromatic heterocycles. The molecule has 5 aromatic rings. The van der Waals surface area contributed by atoms with Crippen LogP contribution in [0.15, 0.2) is 98.9 Å². The largest absolute Gasteiger partial charge is 0.505 e. The fraction of sp³-hybridized carbons (Fsp3) is 0. The second-order valence-electron chi connectivity index (χ2n) is 8.52. The van der Waals surface area contributed by atoms with Crippen molar-refractivity contribution in [2.24, 2.45) is 10.2 Å². The van der Waals surface area contributed by atoms with Crippen molar-refractivity contribution in [1.29, 1.82) is 0 Å². The van der Waals surface area contributed by atoms with E-state index in [1.54, 1.807) is 18.2 Å². The highest BCUT2D eigenvalue weighted by atomic mass is 35.5. The summed E-state index contributed by atoms with van der Waals surface area (Å²) in [4.78, 5) is 11.3. The lowest BCUT2D eigenvalue weighted by Gasteiger charge is -2.12. The number of rotatable bonds is 8. The van der Waals surface area contributed by atoms with E-state index in [2.05, 4.69) is 35.8 Å². The summed E-state index contributed by atoms with van der Waals surface area (Å²) in [5.41, 5.74) is 0.574. The standard InChI is InChI=1S/C25H18ClN7O7S2/c26-23-29-24(27-15-4-2-1-3-5-15)31-25(30-23)28-17-7-6-14-12-20(42(38,39)40)21(22(34)19(14)13-17)33-32-16-8-10-18(11-9-16)41(35,36)37/h1-13,34H,(H,35,36,37)(H,38,39,40)(H2,27,28,29,30,31). The second kappa shape index (κ2) is 11.3. The van der Waals surface area contributed by atoms with E-state index in [1.807, 2.05) is 18.2 Å². The van der Waals surface area contributed by atoms with E-state index in [1.165, 1.54) is 24.3 Å². The van der Waals surface area contributed by atoms with Crippen molar-refractivity contribution < 1.29 is 31.0 Å². The third kappa shape index (κ3) is 6.59. The van der Waals surface area contributed by atoms with Gasteiger partial charge in [-0.15, -0.1) is 5.11 Å². The zero-order chi connectivity index (χ0) is 30.1. The number of hydrogen-bond acceptors (Lipinski definition) is 12. The molecule has 0 spiro atoms. The van der Waals surface area contributed by atoms with Crippen molar-refractivity contribution in [3.05, 3.63) is 84.1 Å². The highest BCUT2D eigenvalue weighted by Gasteiger charge is 2.22. The van der Waals surface area contributed by atoms with Crippen molar-refractivity contribution in [3.8, 4) is 5.75 Å². The Morgan fingerprint density at radius 3 is 1.98 bits per heavy atom. The number of phenols is 1. The van der Waals surface area contributed by atoms with Crippen molar-refractivity contribution in [1.82, 2.24) is 15.0 Å². The number of phenolic OH excluding ortho intramolecular Hbond substituents is 1. The number of hydrogen-bond donors (Lipinski definition) is 5. The van der Waals surface area contributed by atoms with Gasteiger partial charge in [-0.2, -0.15) is 36.9 Å². The van der Waals surface area contributed by atoms with Crippen LogP contribution in [0.1, 0.15) is 0 Å². The summed E-state index contributed by atoms with van der Waals surface area (Å²) < 4.78 is 65.6. The van der Waals surface area contributed by atoms with Crippen LogP contribution in [0.25, 0.3) is 10.8 Å². The second-order valence-corrected chi connectivity index (χ2v) is 11.7. The maximum atomic E-state index is 12.1. The van der Waals surface area contributed by atoms with E-state index in [4.69, 9.17) is 16.2 Å². The molecule has 14 nitrogen and oxygen atoms in total. The fourth-order valence-electron chi connectivity index (χ4n) is 3.75. The number of para-hydroxylation sites is 1. The number of azo groups is 1. The van der Waals surface area contributed by atoms with E-state index in [-0.39, 0.29) is 33.6 Å². The first-order chi connectivity index (χ1) is 19.9. The van der Waals surface area contributed by atoms with Gasteiger partial charge in [-0.05, 0) is 71.6 Å². The average molecular weight is 628 g/mol. The molecule has 0 aliphatic heterocycles. The SMILES string of the molecule is O=S(=O)(O)c1ccc(N=Nc2c(S(=O)(=O)O)cc3ccc(Nc4nc(Cl)nc(Nc5ccccc5)n4)cc3c2O)cc1. The third-order valence-electron chi connectivity index (χ3n) is 5.62. The Morgan fingerprint density at radius 1 is 0.714 bits per heavy atom. The number of aromatic nitrogens is 3. The molecule has 1 heterocycles. The molecule has 0 radical (unpaired) electrons. The van der Waals surface area contributed by atoms with Crippen molar-refractivity contribution >= 4 is 77.3 Å². The van der Waals surface area contributed by atoms with Gasteiger partial charge in [0.05, 0.1) is 10.6 Å². The first-order valence-corrected chi connectivity index (χ1v) is 14.9. The van der Waals surface area contributed by atoms with Crippen molar-refractivity contribution in [2.75, 3.05) is 10.6 Å². The van der Waals surface area contributed by atoms with Crippen LogP contribution in [0.5, 0.6) is 5.75 Å². The van der Waals surface area contributed by atoms with Crippen molar-refractivity contribution in [2.45, 2.75) is 9.79 Å². The summed E-state index contributed by atoms with van der Waals surface area (Å²) in [6.45, 7) is 0. The van der Waals surface area contributed by atoms with Gasteiger partial charge in [0.15, 0.2) is 5.75 Å². The predicted octanol–water partition coefficient (Wildman–Crippen LogP) is 5.78. The highest BCUT2D eigenvalue weighted by molar-refractivity contribution is 7.86. The molecule has 214 valence electrons. The first-order valence-electron chi connectivity index (χ1n) is 11.6. The van der Waals surface area contributed by atoms with Gasteiger partial charge in [0, 0.05) is 16.8 Å². The number of anilines is 4. The highest BCUT2D eigenvalue weighted by Crippen LogP contribution is 2.42. The number of fused-ring (bicyclic) bond motifs is 1. The van der Waals surface area contributed by atoms with Crippen LogP contribution in [-0.2, 0) is 20.2 Å². The van der Waals surface area contributed by atoms with Crippen LogP contribution >= 0.6 is 11.6 Å². The molecule has 17 heteroatoms. The minimum atomic E-state index is -4.86. The Hall–Kier alpha value is -4.74. The molecule has 0 saturated carbocycles. The Morgan fingerprint density at radius 2 is 1.36 bits per heavy atom.